The Morgan fingerprint density at radius 2 is 1.81 bits per heavy atom. The van der Waals surface area contributed by atoms with E-state index in [-0.39, 0.29) is 23.8 Å². The van der Waals surface area contributed by atoms with Crippen molar-refractivity contribution in [1.82, 2.24) is 14.1 Å². The van der Waals surface area contributed by atoms with Gasteiger partial charge in [0.15, 0.2) is 0 Å². The summed E-state index contributed by atoms with van der Waals surface area (Å²) in [7, 11) is 0. The Bertz CT molecular complexity index is 1320. The number of aromatic nitrogens is 3. The standard InChI is InChI=1S/C21H15F4N3O3/c1-12-19(29)28(15-3-5-16(6-4-15)31-21(23,24)25)20(30)27(12)11-13-8-9-26-18-7-2-14(22)10-17(13)18/h2-10,29H,11H2,1H3. The van der Waals surface area contributed by atoms with E-state index in [1.165, 1.54) is 48.0 Å². The lowest BCUT2D eigenvalue weighted by atomic mass is 10.1. The van der Waals surface area contributed by atoms with E-state index in [4.69, 9.17) is 0 Å². The minimum Gasteiger partial charge on any atom is -0.493 e. The minimum atomic E-state index is -4.84. The van der Waals surface area contributed by atoms with Crippen LogP contribution in [0.3, 0.4) is 0 Å². The Morgan fingerprint density at radius 3 is 2.48 bits per heavy atom. The maximum absolute atomic E-state index is 13.7. The SMILES string of the molecule is Cc1c(O)n(-c2ccc(OC(F)(F)F)cc2)c(=O)n1Cc1ccnc2ccc(F)cc12. The van der Waals surface area contributed by atoms with Gasteiger partial charge in [0.05, 0.1) is 23.4 Å². The lowest BCUT2D eigenvalue weighted by molar-refractivity contribution is -0.274. The first-order valence-electron chi connectivity index (χ1n) is 9.04. The first kappa shape index (κ1) is 20.5. The molecule has 4 rings (SSSR count). The van der Waals surface area contributed by atoms with E-state index >= 15 is 0 Å². The highest BCUT2D eigenvalue weighted by Crippen LogP contribution is 2.26. The van der Waals surface area contributed by atoms with Crippen molar-refractivity contribution < 1.29 is 27.4 Å². The smallest absolute Gasteiger partial charge is 0.493 e. The van der Waals surface area contributed by atoms with Crippen LogP contribution in [0, 0.1) is 12.7 Å². The number of imidazole rings is 1. The molecule has 2 heterocycles. The zero-order valence-electron chi connectivity index (χ0n) is 16.0. The monoisotopic (exact) mass is 433 g/mol. The summed E-state index contributed by atoms with van der Waals surface area (Å²) in [5.74, 6) is -1.27. The molecule has 0 atom stereocenters. The van der Waals surface area contributed by atoms with Gasteiger partial charge in [0.1, 0.15) is 11.6 Å². The summed E-state index contributed by atoms with van der Waals surface area (Å²) in [5, 5.41) is 11.0. The van der Waals surface area contributed by atoms with Crippen molar-refractivity contribution in [3.05, 3.63) is 82.3 Å². The first-order valence-corrected chi connectivity index (χ1v) is 9.04. The second kappa shape index (κ2) is 7.46. The van der Waals surface area contributed by atoms with E-state index in [1.54, 1.807) is 6.07 Å². The Labute approximate surface area is 172 Å². The zero-order valence-corrected chi connectivity index (χ0v) is 16.0. The second-order valence-electron chi connectivity index (χ2n) is 6.79. The van der Waals surface area contributed by atoms with E-state index in [0.717, 1.165) is 16.7 Å². The highest BCUT2D eigenvalue weighted by molar-refractivity contribution is 5.82. The van der Waals surface area contributed by atoms with E-state index in [2.05, 4.69) is 9.72 Å². The summed E-state index contributed by atoms with van der Waals surface area (Å²) in [6.07, 6.45) is -3.31. The number of alkyl halides is 3. The molecule has 1 N–H and O–H groups in total. The van der Waals surface area contributed by atoms with Crippen LogP contribution in [0.1, 0.15) is 11.3 Å². The molecule has 0 spiro atoms. The van der Waals surface area contributed by atoms with Gasteiger partial charge in [0, 0.05) is 11.6 Å². The molecule has 4 aromatic rings. The van der Waals surface area contributed by atoms with Crippen LogP contribution in [0.4, 0.5) is 17.6 Å². The van der Waals surface area contributed by atoms with Crippen LogP contribution in [0.5, 0.6) is 11.6 Å². The number of benzene rings is 2. The fourth-order valence-electron chi connectivity index (χ4n) is 3.34. The summed E-state index contributed by atoms with van der Waals surface area (Å²) < 4.78 is 56.8. The van der Waals surface area contributed by atoms with Crippen LogP contribution < -0.4 is 10.4 Å². The van der Waals surface area contributed by atoms with Gasteiger partial charge in [-0.25, -0.2) is 13.8 Å². The third kappa shape index (κ3) is 3.96. The number of pyridine rings is 1. The first-order chi connectivity index (χ1) is 14.6. The van der Waals surface area contributed by atoms with E-state index < -0.39 is 23.6 Å². The Balaban J connectivity index is 1.74. The molecule has 0 saturated carbocycles. The average Bonchev–Trinajstić information content (AvgIpc) is 2.91. The van der Waals surface area contributed by atoms with Crippen LogP contribution in [-0.2, 0) is 6.54 Å². The largest absolute Gasteiger partial charge is 0.573 e. The average molecular weight is 433 g/mol. The van der Waals surface area contributed by atoms with Crippen molar-refractivity contribution in [3.8, 4) is 17.3 Å². The topological polar surface area (TPSA) is 69.3 Å². The zero-order chi connectivity index (χ0) is 22.3. The van der Waals surface area contributed by atoms with Crippen LogP contribution in [0.2, 0.25) is 0 Å². The van der Waals surface area contributed by atoms with Gasteiger partial charge in [-0.3, -0.25) is 9.55 Å². The van der Waals surface area contributed by atoms with Crippen molar-refractivity contribution in [2.45, 2.75) is 19.8 Å². The number of ether oxygens (including phenoxy) is 1. The van der Waals surface area contributed by atoms with Crippen LogP contribution in [0.25, 0.3) is 16.6 Å². The lowest BCUT2D eigenvalue weighted by Crippen LogP contribution is -2.24. The number of hydrogen-bond acceptors (Lipinski definition) is 4. The number of hydrogen-bond donors (Lipinski definition) is 1. The summed E-state index contributed by atoms with van der Waals surface area (Å²) in [6, 6.07) is 10.3. The maximum atomic E-state index is 13.7. The molecule has 0 radical (unpaired) electrons. The van der Waals surface area contributed by atoms with E-state index in [9.17, 15) is 27.5 Å². The Morgan fingerprint density at radius 1 is 1.10 bits per heavy atom. The fourth-order valence-corrected chi connectivity index (χ4v) is 3.34. The van der Waals surface area contributed by atoms with Gasteiger partial charge in [-0.15, -0.1) is 13.2 Å². The summed E-state index contributed by atoms with van der Waals surface area (Å²) in [6.45, 7) is 1.56. The van der Waals surface area contributed by atoms with Crippen molar-refractivity contribution in [2.24, 2.45) is 0 Å². The number of aromatic hydroxyl groups is 1. The number of nitrogens with zero attached hydrogens (tertiary/aromatic N) is 3. The maximum Gasteiger partial charge on any atom is 0.573 e. The van der Waals surface area contributed by atoms with Gasteiger partial charge >= 0.3 is 12.1 Å². The van der Waals surface area contributed by atoms with Gasteiger partial charge in [0.25, 0.3) is 0 Å². The quantitative estimate of drug-likeness (QED) is 0.488. The summed E-state index contributed by atoms with van der Waals surface area (Å²) in [5.41, 5.74) is 0.946. The van der Waals surface area contributed by atoms with Crippen LogP contribution in [0.15, 0.2) is 59.5 Å². The Hall–Kier alpha value is -3.82. The molecule has 0 unspecified atom stereocenters. The summed E-state index contributed by atoms with van der Waals surface area (Å²) >= 11 is 0. The fraction of sp³-hybridized carbons (Fsp3) is 0.143. The van der Waals surface area contributed by atoms with Gasteiger partial charge < -0.3 is 9.84 Å². The molecule has 0 aliphatic carbocycles. The Kier molecular flexibility index (Phi) is 4.92. The van der Waals surface area contributed by atoms with Crippen LogP contribution in [-0.4, -0.2) is 25.6 Å². The molecule has 10 heteroatoms. The molecule has 0 amide bonds. The molecule has 0 aliphatic rings. The van der Waals surface area contributed by atoms with Gasteiger partial charge in [-0.2, -0.15) is 0 Å². The molecule has 0 saturated heterocycles. The lowest BCUT2D eigenvalue weighted by Gasteiger charge is -2.09. The van der Waals surface area contributed by atoms with Crippen molar-refractivity contribution in [2.75, 3.05) is 0 Å². The van der Waals surface area contributed by atoms with Crippen molar-refractivity contribution in [3.63, 3.8) is 0 Å². The van der Waals surface area contributed by atoms with Crippen molar-refractivity contribution in [1.29, 1.82) is 0 Å². The van der Waals surface area contributed by atoms with Crippen molar-refractivity contribution >= 4 is 10.9 Å². The molecule has 160 valence electrons. The van der Waals surface area contributed by atoms with Crippen LogP contribution >= 0.6 is 0 Å². The number of rotatable bonds is 4. The highest BCUT2D eigenvalue weighted by atomic mass is 19.4. The van der Waals surface area contributed by atoms with E-state index in [0.29, 0.717) is 16.5 Å². The molecule has 2 aromatic carbocycles. The van der Waals surface area contributed by atoms with Gasteiger partial charge in [-0.05, 0) is 61.0 Å². The second-order valence-corrected chi connectivity index (χ2v) is 6.79. The summed E-state index contributed by atoms with van der Waals surface area (Å²) in [4.78, 5) is 17.2. The molecular formula is C21H15F4N3O3. The molecule has 0 bridgehead atoms. The third-order valence-corrected chi connectivity index (χ3v) is 4.81. The molecule has 6 nitrogen and oxygen atoms in total. The minimum absolute atomic E-state index is 0.0307. The molecule has 2 aromatic heterocycles. The highest BCUT2D eigenvalue weighted by Gasteiger charge is 2.31. The van der Waals surface area contributed by atoms with Gasteiger partial charge in [0.2, 0.25) is 5.88 Å². The molecule has 31 heavy (non-hydrogen) atoms. The molecule has 0 fully saturated rings. The predicted octanol–water partition coefficient (Wildman–Crippen LogP) is 4.29. The number of fused-ring (bicyclic) bond motifs is 1. The number of halogens is 4. The molecule has 0 aliphatic heterocycles. The third-order valence-electron chi connectivity index (χ3n) is 4.81. The normalized spacial score (nSPS) is 11.8. The molecular weight excluding hydrogens is 418 g/mol. The predicted molar refractivity (Wildman–Crippen MR) is 104 cm³/mol. The van der Waals surface area contributed by atoms with Gasteiger partial charge in [-0.1, -0.05) is 0 Å². The van der Waals surface area contributed by atoms with E-state index in [1.807, 2.05) is 0 Å².